The molecule has 1 saturated heterocycles. The maximum absolute atomic E-state index is 12.5. The Bertz CT molecular complexity index is 654. The molecule has 1 aliphatic carbocycles. The lowest BCUT2D eigenvalue weighted by atomic mass is 9.98. The highest BCUT2D eigenvalue weighted by molar-refractivity contribution is 14.0. The number of aliphatic imine (C=N–C) groups is 1. The predicted molar refractivity (Wildman–Crippen MR) is 131 cm³/mol. The summed E-state index contributed by atoms with van der Waals surface area (Å²) in [5.41, 5.74) is 1.45. The van der Waals surface area contributed by atoms with E-state index < -0.39 is 0 Å². The molecule has 1 aliphatic heterocycles. The van der Waals surface area contributed by atoms with Gasteiger partial charge in [0.25, 0.3) is 0 Å². The molecule has 2 aliphatic rings. The Hall–Kier alpha value is -1.31. The van der Waals surface area contributed by atoms with Crippen LogP contribution in [0, 0.1) is 11.8 Å². The van der Waals surface area contributed by atoms with Crippen molar-refractivity contribution in [3.63, 3.8) is 0 Å². The summed E-state index contributed by atoms with van der Waals surface area (Å²) in [4.78, 5) is 19.0. The van der Waals surface area contributed by atoms with E-state index in [1.54, 1.807) is 0 Å². The first-order valence-corrected chi connectivity index (χ1v) is 11.0. The molecule has 3 rings (SSSR count). The number of hydrogen-bond acceptors (Lipinski definition) is 2. The lowest BCUT2D eigenvalue weighted by molar-refractivity contribution is -0.136. The first kappa shape index (κ1) is 24.0. The molecule has 1 aromatic carbocycles. The van der Waals surface area contributed by atoms with Gasteiger partial charge >= 0.3 is 0 Å². The second-order valence-electron chi connectivity index (χ2n) is 8.22. The first-order valence-electron chi connectivity index (χ1n) is 11.0. The monoisotopic (exact) mass is 512 g/mol. The van der Waals surface area contributed by atoms with E-state index in [0.29, 0.717) is 23.8 Å². The Balaban J connectivity index is 0.00000300. The van der Waals surface area contributed by atoms with Crippen LogP contribution < -0.4 is 10.6 Å². The molecule has 0 bridgehead atoms. The summed E-state index contributed by atoms with van der Waals surface area (Å²) in [5, 5.41) is 7.07. The number of halogens is 1. The summed E-state index contributed by atoms with van der Waals surface area (Å²) in [6.45, 7) is 6.88. The van der Waals surface area contributed by atoms with Crippen molar-refractivity contribution in [3.8, 4) is 0 Å². The normalized spacial score (nSPS) is 22.2. The number of carbonyl (C=O) groups is 1. The Morgan fingerprint density at radius 2 is 1.83 bits per heavy atom. The van der Waals surface area contributed by atoms with Crippen LogP contribution in [0.15, 0.2) is 35.3 Å². The van der Waals surface area contributed by atoms with E-state index in [1.807, 2.05) is 7.05 Å². The minimum absolute atomic E-state index is 0. The van der Waals surface area contributed by atoms with Crippen molar-refractivity contribution in [2.45, 2.75) is 57.9 Å². The second-order valence-corrected chi connectivity index (χ2v) is 8.22. The third-order valence-electron chi connectivity index (χ3n) is 6.39. The Morgan fingerprint density at radius 3 is 2.41 bits per heavy atom. The lowest BCUT2D eigenvalue weighted by Gasteiger charge is -2.34. The van der Waals surface area contributed by atoms with Crippen molar-refractivity contribution in [1.82, 2.24) is 15.5 Å². The van der Waals surface area contributed by atoms with Gasteiger partial charge in [0.2, 0.25) is 5.91 Å². The minimum Gasteiger partial charge on any atom is -0.356 e. The Kier molecular flexibility index (Phi) is 9.72. The Morgan fingerprint density at radius 1 is 1.17 bits per heavy atom. The van der Waals surface area contributed by atoms with Crippen LogP contribution in [-0.4, -0.2) is 49.5 Å². The number of rotatable bonds is 7. The van der Waals surface area contributed by atoms with Crippen LogP contribution in [-0.2, 0) is 4.79 Å². The predicted octanol–water partition coefficient (Wildman–Crippen LogP) is 4.00. The van der Waals surface area contributed by atoms with Crippen LogP contribution in [0.25, 0.3) is 0 Å². The number of hydrogen-bond donors (Lipinski definition) is 2. The maximum Gasteiger partial charge on any atom is 0.225 e. The fraction of sp³-hybridized carbons (Fsp3) is 0.652. The van der Waals surface area contributed by atoms with Crippen LogP contribution in [0.5, 0.6) is 0 Å². The summed E-state index contributed by atoms with van der Waals surface area (Å²) in [6, 6.07) is 11.2. The SMILES string of the molecule is CCC(CC)C(=O)N1CCC(NC(=NC)NCC2CC2c2ccccc2)CC1.I. The maximum atomic E-state index is 12.5. The van der Waals surface area contributed by atoms with Gasteiger partial charge in [0.1, 0.15) is 0 Å². The van der Waals surface area contributed by atoms with Crippen molar-refractivity contribution in [2.75, 3.05) is 26.7 Å². The van der Waals surface area contributed by atoms with Crippen LogP contribution in [0.3, 0.4) is 0 Å². The van der Waals surface area contributed by atoms with E-state index in [-0.39, 0.29) is 29.9 Å². The summed E-state index contributed by atoms with van der Waals surface area (Å²) >= 11 is 0. The minimum atomic E-state index is 0. The van der Waals surface area contributed by atoms with E-state index in [4.69, 9.17) is 0 Å². The van der Waals surface area contributed by atoms with Crippen LogP contribution in [0.2, 0.25) is 0 Å². The number of guanidine groups is 1. The molecule has 29 heavy (non-hydrogen) atoms. The van der Waals surface area contributed by atoms with Gasteiger partial charge in [0.05, 0.1) is 0 Å². The highest BCUT2D eigenvalue weighted by Gasteiger charge is 2.38. The summed E-state index contributed by atoms with van der Waals surface area (Å²) in [6.07, 6.45) is 5.11. The Labute approximate surface area is 193 Å². The van der Waals surface area contributed by atoms with Crippen LogP contribution >= 0.6 is 24.0 Å². The van der Waals surface area contributed by atoms with Crippen LogP contribution in [0.4, 0.5) is 0 Å². The molecule has 2 N–H and O–H groups in total. The molecule has 6 heteroatoms. The van der Waals surface area contributed by atoms with Gasteiger partial charge in [-0.2, -0.15) is 0 Å². The van der Waals surface area contributed by atoms with Crippen LogP contribution in [0.1, 0.15) is 57.4 Å². The topological polar surface area (TPSA) is 56.7 Å². The zero-order chi connectivity index (χ0) is 19.9. The first-order chi connectivity index (χ1) is 13.7. The fourth-order valence-corrected chi connectivity index (χ4v) is 4.34. The second kappa shape index (κ2) is 11.8. The fourth-order valence-electron chi connectivity index (χ4n) is 4.34. The number of piperidine rings is 1. The number of benzene rings is 1. The zero-order valence-corrected chi connectivity index (χ0v) is 20.4. The molecule has 1 amide bonds. The number of amides is 1. The molecular weight excluding hydrogens is 475 g/mol. The molecule has 1 aromatic rings. The molecule has 1 heterocycles. The molecular formula is C23H37IN4O. The number of likely N-dealkylation sites (tertiary alicyclic amines) is 1. The van der Waals surface area contributed by atoms with Gasteiger partial charge in [-0.25, -0.2) is 0 Å². The number of carbonyl (C=O) groups excluding carboxylic acids is 1. The highest BCUT2D eigenvalue weighted by atomic mass is 127. The van der Waals surface area contributed by atoms with Gasteiger partial charge in [-0.3, -0.25) is 9.79 Å². The number of nitrogens with one attached hydrogen (secondary N) is 2. The quantitative estimate of drug-likeness (QED) is 0.330. The van der Waals surface area contributed by atoms with Gasteiger partial charge in [0, 0.05) is 38.6 Å². The van der Waals surface area contributed by atoms with Gasteiger partial charge in [0.15, 0.2) is 5.96 Å². The summed E-state index contributed by atoms with van der Waals surface area (Å²) < 4.78 is 0. The standard InChI is InChI=1S/C23H36N4O.HI/c1-4-17(5-2)22(28)27-13-11-20(12-14-27)26-23(24-3)25-16-19-15-21(19)18-9-7-6-8-10-18;/h6-10,17,19-21H,4-5,11-16H2,1-3H3,(H2,24,25,26);1H. The van der Waals surface area contributed by atoms with E-state index in [1.165, 1.54) is 12.0 Å². The molecule has 0 spiro atoms. The zero-order valence-electron chi connectivity index (χ0n) is 18.1. The average molecular weight is 512 g/mol. The molecule has 1 saturated carbocycles. The van der Waals surface area contributed by atoms with Gasteiger partial charge in [-0.1, -0.05) is 44.2 Å². The van der Waals surface area contributed by atoms with Crippen molar-refractivity contribution in [1.29, 1.82) is 0 Å². The van der Waals surface area contributed by atoms with Gasteiger partial charge in [-0.05, 0) is 49.5 Å². The molecule has 2 atom stereocenters. The summed E-state index contributed by atoms with van der Waals surface area (Å²) in [7, 11) is 1.84. The molecule has 2 unspecified atom stereocenters. The van der Waals surface area contributed by atoms with Gasteiger partial charge in [-0.15, -0.1) is 24.0 Å². The molecule has 5 nitrogen and oxygen atoms in total. The third kappa shape index (κ3) is 6.59. The average Bonchev–Trinajstić information content (AvgIpc) is 3.52. The molecule has 0 radical (unpaired) electrons. The van der Waals surface area contributed by atoms with E-state index in [9.17, 15) is 4.79 Å². The smallest absolute Gasteiger partial charge is 0.225 e. The van der Waals surface area contributed by atoms with Crippen molar-refractivity contribution < 1.29 is 4.79 Å². The summed E-state index contributed by atoms with van der Waals surface area (Å²) in [5.74, 6) is 2.80. The van der Waals surface area contributed by atoms with E-state index in [2.05, 4.69) is 64.7 Å². The largest absolute Gasteiger partial charge is 0.356 e. The molecule has 2 fully saturated rings. The highest BCUT2D eigenvalue weighted by Crippen LogP contribution is 2.46. The van der Waals surface area contributed by atoms with Gasteiger partial charge < -0.3 is 15.5 Å². The third-order valence-corrected chi connectivity index (χ3v) is 6.39. The van der Waals surface area contributed by atoms with Crippen molar-refractivity contribution >= 4 is 35.8 Å². The number of nitrogens with zero attached hydrogens (tertiary/aromatic N) is 2. The lowest BCUT2D eigenvalue weighted by Crippen LogP contribution is -2.50. The van der Waals surface area contributed by atoms with Crippen molar-refractivity contribution in [2.24, 2.45) is 16.8 Å². The molecule has 162 valence electrons. The van der Waals surface area contributed by atoms with E-state index in [0.717, 1.165) is 51.3 Å². The molecule has 0 aromatic heterocycles. The van der Waals surface area contributed by atoms with E-state index >= 15 is 0 Å². The van der Waals surface area contributed by atoms with Crippen molar-refractivity contribution in [3.05, 3.63) is 35.9 Å².